The van der Waals surface area contributed by atoms with E-state index in [1.807, 2.05) is 16.9 Å². The first-order valence-corrected chi connectivity index (χ1v) is 10.3. The molecule has 0 amide bonds. The van der Waals surface area contributed by atoms with E-state index in [9.17, 15) is 0 Å². The smallest absolute Gasteiger partial charge is 0.167 e. The summed E-state index contributed by atoms with van der Waals surface area (Å²) in [5.41, 5.74) is 3.62. The molecule has 5 heterocycles. The quantitative estimate of drug-likeness (QED) is 0.758. The van der Waals surface area contributed by atoms with Crippen LogP contribution in [-0.2, 0) is 4.74 Å². The van der Waals surface area contributed by atoms with Gasteiger partial charge < -0.3 is 9.64 Å². The van der Waals surface area contributed by atoms with Crippen LogP contribution < -0.4 is 4.90 Å². The van der Waals surface area contributed by atoms with Gasteiger partial charge in [0.05, 0.1) is 37.7 Å². The predicted molar refractivity (Wildman–Crippen MR) is 108 cm³/mol. The molecule has 144 valence electrons. The Hall–Kier alpha value is -2.67. The first-order valence-electron chi connectivity index (χ1n) is 10.3. The van der Waals surface area contributed by atoms with Gasteiger partial charge in [-0.1, -0.05) is 6.08 Å². The number of hydrogen-bond acceptors (Lipinski definition) is 5. The molecule has 0 saturated carbocycles. The minimum Gasteiger partial charge on any atom is -0.377 e. The highest BCUT2D eigenvalue weighted by Gasteiger charge is 2.38. The van der Waals surface area contributed by atoms with Crippen LogP contribution >= 0.6 is 0 Å². The number of nitrogens with one attached hydrogen (secondary N) is 1. The molecule has 3 aromatic rings. The summed E-state index contributed by atoms with van der Waals surface area (Å²) < 4.78 is 7.67. The lowest BCUT2D eigenvalue weighted by Crippen LogP contribution is -2.46. The molecule has 2 atom stereocenters. The molecule has 2 fully saturated rings. The van der Waals surface area contributed by atoms with Crippen LogP contribution in [0.5, 0.6) is 0 Å². The Morgan fingerprint density at radius 1 is 1.14 bits per heavy atom. The van der Waals surface area contributed by atoms with E-state index >= 15 is 0 Å². The number of pyridine rings is 1. The van der Waals surface area contributed by atoms with Gasteiger partial charge in [0.25, 0.3) is 0 Å². The largest absolute Gasteiger partial charge is 0.377 e. The molecule has 2 unspecified atom stereocenters. The Morgan fingerprint density at radius 2 is 2.04 bits per heavy atom. The second-order valence-corrected chi connectivity index (χ2v) is 8.07. The Morgan fingerprint density at radius 3 is 2.79 bits per heavy atom. The third-order valence-electron chi connectivity index (χ3n) is 6.38. The van der Waals surface area contributed by atoms with Crippen LogP contribution in [0.4, 0.5) is 5.82 Å². The van der Waals surface area contributed by atoms with Crippen LogP contribution in [0.15, 0.2) is 30.6 Å². The minimum atomic E-state index is 0.431. The summed E-state index contributed by atoms with van der Waals surface area (Å²) in [6.07, 6.45) is 13.3. The monoisotopic (exact) mass is 376 g/mol. The van der Waals surface area contributed by atoms with Crippen LogP contribution in [0.25, 0.3) is 22.4 Å². The van der Waals surface area contributed by atoms with E-state index in [-0.39, 0.29) is 0 Å². The second kappa shape index (κ2) is 6.44. The van der Waals surface area contributed by atoms with E-state index in [1.54, 1.807) is 6.20 Å². The molecule has 28 heavy (non-hydrogen) atoms. The number of allylic oxidation sites excluding steroid dienone is 2. The molecular weight excluding hydrogens is 352 g/mol. The summed E-state index contributed by atoms with van der Waals surface area (Å²) in [7, 11) is 0. The average Bonchev–Trinajstić information content (AvgIpc) is 3.46. The van der Waals surface area contributed by atoms with E-state index in [0.29, 0.717) is 12.1 Å². The van der Waals surface area contributed by atoms with Gasteiger partial charge in [-0.05, 0) is 55.7 Å². The number of rotatable bonds is 3. The van der Waals surface area contributed by atoms with Gasteiger partial charge in [-0.2, -0.15) is 14.9 Å². The maximum Gasteiger partial charge on any atom is 0.167 e. The molecule has 1 aliphatic carbocycles. The van der Waals surface area contributed by atoms with E-state index in [0.717, 1.165) is 48.7 Å². The zero-order valence-electron chi connectivity index (χ0n) is 15.8. The highest BCUT2D eigenvalue weighted by Crippen LogP contribution is 2.38. The lowest BCUT2D eigenvalue weighted by molar-refractivity contribution is 0.0902. The molecule has 7 nitrogen and oxygen atoms in total. The van der Waals surface area contributed by atoms with Crippen molar-refractivity contribution in [1.82, 2.24) is 25.0 Å². The van der Waals surface area contributed by atoms with E-state index < -0.39 is 0 Å². The lowest BCUT2D eigenvalue weighted by atomic mass is 9.92. The fourth-order valence-electron chi connectivity index (χ4n) is 5.01. The molecule has 0 aromatic carbocycles. The zero-order valence-corrected chi connectivity index (χ0v) is 15.8. The number of fused-ring (bicyclic) bond motifs is 3. The Labute approximate surface area is 163 Å². The number of hydrogen-bond donors (Lipinski definition) is 1. The highest BCUT2D eigenvalue weighted by molar-refractivity contribution is 5.92. The molecular formula is C21H24N6O. The summed E-state index contributed by atoms with van der Waals surface area (Å²) in [5, 5.41) is 12.9. The fourth-order valence-corrected chi connectivity index (χ4v) is 5.01. The van der Waals surface area contributed by atoms with E-state index in [1.165, 1.54) is 36.8 Å². The van der Waals surface area contributed by atoms with Gasteiger partial charge in [0, 0.05) is 11.5 Å². The van der Waals surface area contributed by atoms with Gasteiger partial charge >= 0.3 is 0 Å². The first kappa shape index (κ1) is 16.3. The molecule has 6 rings (SSSR count). The topological polar surface area (TPSA) is 71.9 Å². The van der Waals surface area contributed by atoms with Gasteiger partial charge in [0.2, 0.25) is 0 Å². The standard InChI is InChI=1S/C21H24N6O/c1-2-4-14(5-3-1)17-10-20(26-15-6-7-16(26)13-28-12-15)24-21-18(17)11-23-27(21)19-8-9-22-25-19/h4,8-11,15-16H,1-3,5-7,12-13H2,(H,22,25). The Balaban J connectivity index is 1.56. The van der Waals surface area contributed by atoms with E-state index in [4.69, 9.17) is 9.72 Å². The van der Waals surface area contributed by atoms with Gasteiger partial charge in [-0.15, -0.1) is 0 Å². The van der Waals surface area contributed by atoms with Crippen LogP contribution in [-0.4, -0.2) is 50.3 Å². The average molecular weight is 376 g/mol. The summed E-state index contributed by atoms with van der Waals surface area (Å²) in [5.74, 6) is 1.90. The van der Waals surface area contributed by atoms with Crippen molar-refractivity contribution in [1.29, 1.82) is 0 Å². The Kier molecular flexibility index (Phi) is 3.75. The lowest BCUT2D eigenvalue weighted by Gasteiger charge is -2.36. The summed E-state index contributed by atoms with van der Waals surface area (Å²) in [6, 6.07) is 5.09. The van der Waals surface area contributed by atoms with Crippen molar-refractivity contribution >= 4 is 22.4 Å². The molecule has 3 aromatic heterocycles. The van der Waals surface area contributed by atoms with Crippen molar-refractivity contribution in [2.24, 2.45) is 0 Å². The number of morpholine rings is 1. The molecule has 3 aliphatic rings. The molecule has 2 saturated heterocycles. The molecule has 0 spiro atoms. The van der Waals surface area contributed by atoms with Crippen molar-refractivity contribution in [3.63, 3.8) is 0 Å². The third-order valence-corrected chi connectivity index (χ3v) is 6.38. The summed E-state index contributed by atoms with van der Waals surface area (Å²) >= 11 is 0. The Bertz CT molecular complexity index is 1020. The predicted octanol–water partition coefficient (Wildman–Crippen LogP) is 3.47. The summed E-state index contributed by atoms with van der Waals surface area (Å²) in [6.45, 7) is 1.60. The molecule has 0 radical (unpaired) electrons. The summed E-state index contributed by atoms with van der Waals surface area (Å²) in [4.78, 5) is 7.61. The van der Waals surface area contributed by atoms with Gasteiger partial charge in [0.1, 0.15) is 5.82 Å². The number of H-pyrrole nitrogens is 1. The maximum absolute atomic E-state index is 5.80. The first-order chi connectivity index (χ1) is 13.9. The zero-order chi connectivity index (χ0) is 18.5. The number of nitrogens with zero attached hydrogens (tertiary/aromatic N) is 5. The second-order valence-electron chi connectivity index (χ2n) is 8.07. The van der Waals surface area contributed by atoms with Crippen LogP contribution in [0, 0.1) is 0 Å². The van der Waals surface area contributed by atoms with Crippen LogP contribution in [0.2, 0.25) is 0 Å². The van der Waals surface area contributed by atoms with Crippen molar-refractivity contribution < 1.29 is 4.74 Å². The minimum absolute atomic E-state index is 0.431. The third kappa shape index (κ3) is 2.49. The molecule has 7 heteroatoms. The van der Waals surface area contributed by atoms with Gasteiger partial charge in [-0.25, -0.2) is 4.98 Å². The van der Waals surface area contributed by atoms with Crippen LogP contribution in [0.1, 0.15) is 44.1 Å². The van der Waals surface area contributed by atoms with E-state index in [2.05, 4.69) is 32.3 Å². The molecule has 1 N–H and O–H groups in total. The maximum atomic E-state index is 5.80. The van der Waals surface area contributed by atoms with Crippen LogP contribution in [0.3, 0.4) is 0 Å². The van der Waals surface area contributed by atoms with Crippen molar-refractivity contribution in [3.8, 4) is 5.82 Å². The van der Waals surface area contributed by atoms with Gasteiger partial charge in [0.15, 0.2) is 11.5 Å². The normalized spacial score (nSPS) is 24.7. The number of aromatic amines is 1. The molecule has 2 bridgehead atoms. The molecule has 2 aliphatic heterocycles. The van der Waals surface area contributed by atoms with Crippen molar-refractivity contribution in [2.45, 2.75) is 50.6 Å². The fraction of sp³-hybridized carbons (Fsp3) is 0.476. The van der Waals surface area contributed by atoms with Crippen molar-refractivity contribution in [2.75, 3.05) is 18.1 Å². The highest BCUT2D eigenvalue weighted by atomic mass is 16.5. The number of ether oxygens (including phenoxy) is 1. The van der Waals surface area contributed by atoms with Crippen molar-refractivity contribution in [3.05, 3.63) is 36.2 Å². The van der Waals surface area contributed by atoms with Gasteiger partial charge in [-0.3, -0.25) is 5.10 Å². The number of aromatic nitrogens is 5. The number of anilines is 1. The SMILES string of the molecule is C1=C(c2cc(N3C4CCC3COC4)nc3c2cnn3-c2ccn[nH]2)CCCC1.